The lowest BCUT2D eigenvalue weighted by atomic mass is 10.0. The van der Waals surface area contributed by atoms with Crippen LogP contribution in [0.15, 0.2) is 83.7 Å². The van der Waals surface area contributed by atoms with Crippen LogP contribution in [-0.2, 0) is 0 Å². The molecule has 1 saturated heterocycles. The molecule has 4 aromatic heterocycles. The highest BCUT2D eigenvalue weighted by Crippen LogP contribution is 2.30. The number of alkyl halides is 2. The number of amides is 1. The fourth-order valence-corrected chi connectivity index (χ4v) is 5.61. The molecule has 0 aliphatic carbocycles. The van der Waals surface area contributed by atoms with E-state index in [0.29, 0.717) is 53.5 Å². The van der Waals surface area contributed by atoms with Gasteiger partial charge in [0, 0.05) is 55.7 Å². The monoisotopic (exact) mass is 624 g/mol. The van der Waals surface area contributed by atoms with Crippen molar-refractivity contribution in [3.05, 3.63) is 96.3 Å². The first kappa shape index (κ1) is 29.3. The average Bonchev–Trinajstić information content (AvgIpc) is 3.86. The van der Waals surface area contributed by atoms with Crippen LogP contribution < -0.4 is 0 Å². The summed E-state index contributed by atoms with van der Waals surface area (Å²) in [5.41, 5.74) is 5.06. The van der Waals surface area contributed by atoms with E-state index in [-0.39, 0.29) is 23.5 Å². The highest BCUT2D eigenvalue weighted by Gasteiger charge is 2.32. The molecule has 234 valence electrons. The highest BCUT2D eigenvalue weighted by molar-refractivity contribution is 5.93. The molecule has 1 aliphatic heterocycles. The second-order valence-corrected chi connectivity index (χ2v) is 11.3. The van der Waals surface area contributed by atoms with E-state index >= 15 is 0 Å². The fourth-order valence-electron chi connectivity index (χ4n) is 5.61. The zero-order chi connectivity index (χ0) is 31.8. The quantitative estimate of drug-likeness (QED) is 0.223. The van der Waals surface area contributed by atoms with Crippen LogP contribution in [0.1, 0.15) is 54.4 Å². The topological polar surface area (TPSA) is 124 Å². The first-order valence-corrected chi connectivity index (χ1v) is 14.9. The number of hydrogen-bond donors (Lipinski definition) is 0. The third kappa shape index (κ3) is 5.74. The Morgan fingerprint density at radius 3 is 2.46 bits per heavy atom. The van der Waals surface area contributed by atoms with Crippen LogP contribution in [0.2, 0.25) is 0 Å². The van der Waals surface area contributed by atoms with Crippen molar-refractivity contribution in [2.45, 2.75) is 32.5 Å². The first-order valence-electron chi connectivity index (χ1n) is 14.9. The van der Waals surface area contributed by atoms with E-state index in [0.717, 1.165) is 16.7 Å². The summed E-state index contributed by atoms with van der Waals surface area (Å²) in [7, 11) is 0. The molecular weight excluding hydrogens is 594 g/mol. The van der Waals surface area contributed by atoms with Gasteiger partial charge in [-0.15, -0.1) is 10.2 Å². The van der Waals surface area contributed by atoms with Crippen molar-refractivity contribution in [2.24, 2.45) is 0 Å². The zero-order valence-electron chi connectivity index (χ0n) is 25.1. The third-order valence-corrected chi connectivity index (χ3v) is 8.02. The van der Waals surface area contributed by atoms with Crippen LogP contribution in [-0.4, -0.2) is 81.8 Å². The largest absolute Gasteiger partial charge is 0.436 e. The lowest BCUT2D eigenvalue weighted by molar-refractivity contribution is 0.0385. The van der Waals surface area contributed by atoms with Gasteiger partial charge in [0.1, 0.15) is 11.2 Å². The lowest BCUT2D eigenvalue weighted by Gasteiger charge is -2.38. The number of halogens is 2. The van der Waals surface area contributed by atoms with Crippen LogP contribution in [0.4, 0.5) is 8.78 Å². The number of hydrogen-bond acceptors (Lipinski definition) is 9. The van der Waals surface area contributed by atoms with Gasteiger partial charge in [0.25, 0.3) is 5.91 Å². The Hall–Kier alpha value is -5.37. The summed E-state index contributed by atoms with van der Waals surface area (Å²) in [5.74, 6) is 0.346. The second kappa shape index (κ2) is 12.2. The standard InChI is InChI=1S/C32H30F2N10O2/c1-20(2)43-19-24(18-36-43)22-8-9-27-25(16-22)37-30(46-27)23-10-11-35-26(17-23)31(45)42-14-12-41(13-15-42)28(21-6-4-3-5-7-21)29-38-40-44(39-29)32(33)34/h3-11,16-20,28,32H,12-15H2,1-2H3. The van der Waals surface area contributed by atoms with E-state index in [1.54, 1.807) is 23.2 Å². The van der Waals surface area contributed by atoms with Gasteiger partial charge in [-0.3, -0.25) is 19.4 Å². The number of aromatic nitrogens is 8. The molecule has 46 heavy (non-hydrogen) atoms. The van der Waals surface area contributed by atoms with Gasteiger partial charge in [-0.25, -0.2) is 4.98 Å². The zero-order valence-corrected chi connectivity index (χ0v) is 25.1. The van der Waals surface area contributed by atoms with Gasteiger partial charge in [0.15, 0.2) is 11.4 Å². The van der Waals surface area contributed by atoms with Crippen molar-refractivity contribution in [1.82, 2.24) is 49.8 Å². The van der Waals surface area contributed by atoms with Crippen LogP contribution in [0.5, 0.6) is 0 Å². The molecule has 2 aromatic carbocycles. The van der Waals surface area contributed by atoms with Crippen LogP contribution in [0.25, 0.3) is 33.7 Å². The second-order valence-electron chi connectivity index (χ2n) is 11.3. The van der Waals surface area contributed by atoms with E-state index < -0.39 is 12.6 Å². The molecule has 12 nitrogen and oxygen atoms in total. The van der Waals surface area contributed by atoms with Crippen molar-refractivity contribution in [3.8, 4) is 22.6 Å². The molecular formula is C32H30F2N10O2. The Balaban J connectivity index is 1.07. The van der Waals surface area contributed by atoms with Crippen LogP contribution in [0, 0.1) is 0 Å². The number of carbonyl (C=O) groups is 1. The van der Waals surface area contributed by atoms with E-state index in [1.165, 1.54) is 0 Å². The summed E-state index contributed by atoms with van der Waals surface area (Å²) in [6, 6.07) is 18.5. The molecule has 14 heteroatoms. The number of fused-ring (bicyclic) bond motifs is 1. The van der Waals surface area contributed by atoms with Crippen molar-refractivity contribution >= 4 is 17.0 Å². The van der Waals surface area contributed by atoms with Gasteiger partial charge in [-0.1, -0.05) is 41.2 Å². The maximum Gasteiger partial charge on any atom is 0.350 e. The summed E-state index contributed by atoms with van der Waals surface area (Å²) < 4.78 is 34.4. The smallest absolute Gasteiger partial charge is 0.350 e. The normalized spacial score (nSPS) is 14.9. The maximum absolute atomic E-state index is 13.6. The summed E-state index contributed by atoms with van der Waals surface area (Å²) in [6.07, 6.45) is 5.41. The third-order valence-electron chi connectivity index (χ3n) is 8.02. The maximum atomic E-state index is 13.6. The Bertz CT molecular complexity index is 1980. The molecule has 0 bridgehead atoms. The summed E-state index contributed by atoms with van der Waals surface area (Å²) >= 11 is 0. The molecule has 1 unspecified atom stereocenters. The van der Waals surface area contributed by atoms with Gasteiger partial charge in [0.05, 0.1) is 12.2 Å². The minimum atomic E-state index is -2.89. The number of benzene rings is 2. The van der Waals surface area contributed by atoms with E-state index in [1.807, 2.05) is 65.6 Å². The van der Waals surface area contributed by atoms with Crippen LogP contribution in [0.3, 0.4) is 0 Å². The molecule has 6 aromatic rings. The van der Waals surface area contributed by atoms with Crippen LogP contribution >= 0.6 is 0 Å². The Labute approximate surface area is 262 Å². The predicted molar refractivity (Wildman–Crippen MR) is 164 cm³/mol. The van der Waals surface area contributed by atoms with E-state index in [9.17, 15) is 13.6 Å². The van der Waals surface area contributed by atoms with Crippen molar-refractivity contribution in [2.75, 3.05) is 26.2 Å². The predicted octanol–water partition coefficient (Wildman–Crippen LogP) is 5.26. The molecule has 1 atom stereocenters. The molecule has 0 spiro atoms. The van der Waals surface area contributed by atoms with Crippen molar-refractivity contribution < 1.29 is 18.0 Å². The molecule has 7 rings (SSSR count). The summed E-state index contributed by atoms with van der Waals surface area (Å²) in [6.45, 7) is 3.00. The lowest BCUT2D eigenvalue weighted by Crippen LogP contribution is -2.50. The Morgan fingerprint density at radius 1 is 0.935 bits per heavy atom. The van der Waals surface area contributed by atoms with E-state index in [4.69, 9.17) is 9.40 Å². The van der Waals surface area contributed by atoms with Gasteiger partial charge >= 0.3 is 6.55 Å². The minimum absolute atomic E-state index is 0.178. The number of oxazole rings is 1. The number of rotatable bonds is 8. The van der Waals surface area contributed by atoms with Gasteiger partial charge in [-0.05, 0) is 54.5 Å². The molecule has 1 aliphatic rings. The molecule has 1 fully saturated rings. The fraction of sp³-hybridized carbons (Fsp3) is 0.281. The van der Waals surface area contributed by atoms with Crippen molar-refractivity contribution in [3.63, 3.8) is 0 Å². The first-order chi connectivity index (χ1) is 22.3. The molecule has 1 amide bonds. The number of piperazine rings is 1. The van der Waals surface area contributed by atoms with Gasteiger partial charge in [0.2, 0.25) is 5.89 Å². The van der Waals surface area contributed by atoms with Gasteiger partial charge in [-0.2, -0.15) is 13.9 Å². The molecule has 0 N–H and O–H groups in total. The number of nitrogens with zero attached hydrogens (tertiary/aromatic N) is 10. The minimum Gasteiger partial charge on any atom is -0.436 e. The van der Waals surface area contributed by atoms with E-state index in [2.05, 4.69) is 44.2 Å². The molecule has 0 radical (unpaired) electrons. The Morgan fingerprint density at radius 2 is 1.74 bits per heavy atom. The highest BCUT2D eigenvalue weighted by atomic mass is 19.3. The van der Waals surface area contributed by atoms with Gasteiger partial charge < -0.3 is 9.32 Å². The molecule has 5 heterocycles. The summed E-state index contributed by atoms with van der Waals surface area (Å²) in [5, 5.41) is 15.8. The Kier molecular flexibility index (Phi) is 7.78. The molecule has 0 saturated carbocycles. The van der Waals surface area contributed by atoms with Crippen molar-refractivity contribution in [1.29, 1.82) is 0 Å². The SMILES string of the molecule is CC(C)n1cc(-c2ccc3oc(-c4ccnc(C(=O)N5CCN(C(c6ccccc6)c6nnn(C(F)F)n6)CC5)c4)nc3c2)cn1. The summed E-state index contributed by atoms with van der Waals surface area (Å²) in [4.78, 5) is 26.7. The number of tetrazole rings is 1. The number of pyridine rings is 1. The number of carbonyl (C=O) groups excluding carboxylic acids is 1. The average molecular weight is 625 g/mol.